The van der Waals surface area contributed by atoms with Crippen LogP contribution in [-0.2, 0) is 6.54 Å². The van der Waals surface area contributed by atoms with Gasteiger partial charge in [0.05, 0.1) is 23.4 Å². The maximum absolute atomic E-state index is 13.4. The standard InChI is InChI=1S/C10H9F2N3S/c11-7-1-2-8(13)10(9(7)12)15-4-6-3-14-5-16-6/h1-3,5,15H,4,13H2. The molecule has 16 heavy (non-hydrogen) atoms. The maximum Gasteiger partial charge on any atom is 0.183 e. The van der Waals surface area contributed by atoms with E-state index in [1.54, 1.807) is 11.7 Å². The van der Waals surface area contributed by atoms with E-state index in [1.807, 2.05) is 0 Å². The molecule has 3 nitrogen and oxygen atoms in total. The van der Waals surface area contributed by atoms with Gasteiger partial charge in [-0.3, -0.25) is 4.98 Å². The molecule has 2 aromatic rings. The Kier molecular flexibility index (Phi) is 3.00. The second kappa shape index (κ2) is 4.44. The number of hydrogen-bond acceptors (Lipinski definition) is 4. The molecule has 0 radical (unpaired) electrons. The van der Waals surface area contributed by atoms with Crippen molar-refractivity contribution in [2.24, 2.45) is 0 Å². The van der Waals surface area contributed by atoms with Crippen LogP contribution in [0.1, 0.15) is 4.88 Å². The van der Waals surface area contributed by atoms with Crippen molar-refractivity contribution >= 4 is 22.7 Å². The fourth-order valence-corrected chi connectivity index (χ4v) is 1.78. The van der Waals surface area contributed by atoms with Gasteiger partial charge in [-0.2, -0.15) is 0 Å². The third kappa shape index (κ3) is 2.11. The van der Waals surface area contributed by atoms with E-state index >= 15 is 0 Å². The first-order valence-corrected chi connectivity index (χ1v) is 5.41. The monoisotopic (exact) mass is 241 g/mol. The summed E-state index contributed by atoms with van der Waals surface area (Å²) in [7, 11) is 0. The summed E-state index contributed by atoms with van der Waals surface area (Å²) >= 11 is 1.43. The van der Waals surface area contributed by atoms with Crippen LogP contribution in [0.2, 0.25) is 0 Å². The summed E-state index contributed by atoms with van der Waals surface area (Å²) in [4.78, 5) is 4.80. The van der Waals surface area contributed by atoms with Gasteiger partial charge in [0, 0.05) is 11.1 Å². The first kappa shape index (κ1) is 10.8. The van der Waals surface area contributed by atoms with Crippen molar-refractivity contribution < 1.29 is 8.78 Å². The van der Waals surface area contributed by atoms with Gasteiger partial charge in [-0.25, -0.2) is 8.78 Å². The molecule has 84 valence electrons. The number of nitrogens with one attached hydrogen (secondary N) is 1. The van der Waals surface area contributed by atoms with Crippen molar-refractivity contribution in [2.75, 3.05) is 11.1 Å². The van der Waals surface area contributed by atoms with Gasteiger partial charge in [0.25, 0.3) is 0 Å². The Balaban J connectivity index is 2.18. The number of nitrogens with zero attached hydrogens (tertiary/aromatic N) is 1. The molecule has 0 spiro atoms. The van der Waals surface area contributed by atoms with Gasteiger partial charge in [0.2, 0.25) is 0 Å². The van der Waals surface area contributed by atoms with Gasteiger partial charge in [0.15, 0.2) is 11.6 Å². The van der Waals surface area contributed by atoms with E-state index in [0.717, 1.165) is 10.9 Å². The molecular weight excluding hydrogens is 232 g/mol. The molecule has 0 aliphatic heterocycles. The highest BCUT2D eigenvalue weighted by atomic mass is 32.1. The molecule has 0 aliphatic rings. The summed E-state index contributed by atoms with van der Waals surface area (Å²) in [6.45, 7) is 0.370. The van der Waals surface area contributed by atoms with Gasteiger partial charge in [-0.05, 0) is 12.1 Å². The van der Waals surface area contributed by atoms with Crippen molar-refractivity contribution in [1.29, 1.82) is 0 Å². The summed E-state index contributed by atoms with van der Waals surface area (Å²) in [5, 5.41) is 2.75. The fraction of sp³-hybridized carbons (Fsp3) is 0.100. The second-order valence-corrected chi connectivity index (χ2v) is 4.12. The summed E-state index contributed by atoms with van der Waals surface area (Å²) in [5.41, 5.74) is 7.39. The van der Waals surface area contributed by atoms with Gasteiger partial charge < -0.3 is 11.1 Å². The third-order valence-corrected chi connectivity index (χ3v) is 2.83. The van der Waals surface area contributed by atoms with Crippen molar-refractivity contribution in [2.45, 2.75) is 6.54 Å². The molecule has 0 saturated carbocycles. The fourth-order valence-electron chi connectivity index (χ4n) is 1.25. The molecule has 0 atom stereocenters. The van der Waals surface area contributed by atoms with Crippen LogP contribution in [0, 0.1) is 11.6 Å². The lowest BCUT2D eigenvalue weighted by molar-refractivity contribution is 0.511. The van der Waals surface area contributed by atoms with Crippen molar-refractivity contribution in [3.05, 3.63) is 40.4 Å². The quantitative estimate of drug-likeness (QED) is 0.812. The zero-order valence-electron chi connectivity index (χ0n) is 8.21. The Bertz CT molecular complexity index is 485. The lowest BCUT2D eigenvalue weighted by atomic mass is 10.2. The molecule has 1 heterocycles. The molecule has 1 aromatic heterocycles. The second-order valence-electron chi connectivity index (χ2n) is 3.15. The summed E-state index contributed by atoms with van der Waals surface area (Å²) < 4.78 is 26.3. The number of hydrogen-bond donors (Lipinski definition) is 2. The number of nitrogens with two attached hydrogens (primary N) is 1. The van der Waals surface area contributed by atoms with Crippen molar-refractivity contribution in [1.82, 2.24) is 4.98 Å². The van der Waals surface area contributed by atoms with Gasteiger partial charge in [-0.1, -0.05) is 0 Å². The molecule has 2 rings (SSSR count). The van der Waals surface area contributed by atoms with Gasteiger partial charge in [0.1, 0.15) is 0 Å². The van der Waals surface area contributed by atoms with E-state index < -0.39 is 11.6 Å². The van der Waals surface area contributed by atoms with E-state index in [1.165, 1.54) is 17.4 Å². The van der Waals surface area contributed by atoms with Crippen molar-refractivity contribution in [3.8, 4) is 0 Å². The van der Waals surface area contributed by atoms with Crippen LogP contribution >= 0.6 is 11.3 Å². The van der Waals surface area contributed by atoms with E-state index in [2.05, 4.69) is 10.3 Å². The average molecular weight is 241 g/mol. The predicted molar refractivity (Wildman–Crippen MR) is 60.2 cm³/mol. The van der Waals surface area contributed by atoms with E-state index in [9.17, 15) is 8.78 Å². The Labute approximate surface area is 94.9 Å². The number of halogens is 2. The summed E-state index contributed by atoms with van der Waals surface area (Å²) in [6.07, 6.45) is 1.66. The van der Waals surface area contributed by atoms with Crippen molar-refractivity contribution in [3.63, 3.8) is 0 Å². The van der Waals surface area contributed by atoms with Crippen LogP contribution in [0.25, 0.3) is 0 Å². The minimum absolute atomic E-state index is 0.00611. The minimum atomic E-state index is -0.954. The predicted octanol–water partition coefficient (Wildman–Crippen LogP) is 2.62. The smallest absolute Gasteiger partial charge is 0.183 e. The molecule has 0 saturated heterocycles. The molecule has 6 heteroatoms. The average Bonchev–Trinajstić information content (AvgIpc) is 2.77. The van der Waals surface area contributed by atoms with Crippen LogP contribution in [0.5, 0.6) is 0 Å². The topological polar surface area (TPSA) is 50.9 Å². The normalized spacial score (nSPS) is 10.4. The molecule has 0 fully saturated rings. The number of anilines is 2. The first-order valence-electron chi connectivity index (χ1n) is 4.53. The third-order valence-electron chi connectivity index (χ3n) is 2.05. The highest BCUT2D eigenvalue weighted by Crippen LogP contribution is 2.25. The Hall–Kier alpha value is -1.69. The van der Waals surface area contributed by atoms with Crippen LogP contribution in [-0.4, -0.2) is 4.98 Å². The van der Waals surface area contributed by atoms with Crippen LogP contribution in [0.15, 0.2) is 23.8 Å². The molecule has 0 aliphatic carbocycles. The molecule has 0 bridgehead atoms. The number of nitrogen functional groups attached to an aromatic ring is 1. The van der Waals surface area contributed by atoms with Gasteiger partial charge in [-0.15, -0.1) is 11.3 Å². The molecular formula is C10H9F2N3S. The number of aromatic nitrogens is 1. The zero-order chi connectivity index (χ0) is 11.5. The molecule has 1 aromatic carbocycles. The van der Waals surface area contributed by atoms with E-state index in [4.69, 9.17) is 5.73 Å². The van der Waals surface area contributed by atoms with Gasteiger partial charge >= 0.3 is 0 Å². The SMILES string of the molecule is Nc1ccc(F)c(F)c1NCc1cncs1. The lowest BCUT2D eigenvalue weighted by Crippen LogP contribution is -2.05. The number of benzene rings is 1. The Morgan fingerprint density at radius 2 is 2.19 bits per heavy atom. The van der Waals surface area contributed by atoms with Crippen LogP contribution in [0.3, 0.4) is 0 Å². The first-order chi connectivity index (χ1) is 7.68. The zero-order valence-corrected chi connectivity index (χ0v) is 9.02. The highest BCUT2D eigenvalue weighted by Gasteiger charge is 2.11. The molecule has 0 amide bonds. The van der Waals surface area contributed by atoms with E-state index in [-0.39, 0.29) is 11.4 Å². The highest BCUT2D eigenvalue weighted by molar-refractivity contribution is 7.09. The lowest BCUT2D eigenvalue weighted by Gasteiger charge is -2.09. The summed E-state index contributed by atoms with van der Waals surface area (Å²) in [5.74, 6) is -1.87. The van der Waals surface area contributed by atoms with Crippen LogP contribution < -0.4 is 11.1 Å². The Morgan fingerprint density at radius 3 is 2.88 bits per heavy atom. The number of thiazole rings is 1. The Morgan fingerprint density at radius 1 is 1.38 bits per heavy atom. The molecule has 0 unspecified atom stereocenters. The van der Waals surface area contributed by atoms with Crippen LogP contribution in [0.4, 0.5) is 20.2 Å². The number of rotatable bonds is 3. The minimum Gasteiger partial charge on any atom is -0.397 e. The summed E-state index contributed by atoms with van der Waals surface area (Å²) in [6, 6.07) is 2.33. The molecule has 3 N–H and O–H groups in total. The van der Waals surface area contributed by atoms with E-state index in [0.29, 0.717) is 6.54 Å². The largest absolute Gasteiger partial charge is 0.397 e. The maximum atomic E-state index is 13.4.